The van der Waals surface area contributed by atoms with Crippen LogP contribution in [0.1, 0.15) is 40.9 Å². The Hall–Kier alpha value is -1.75. The van der Waals surface area contributed by atoms with Crippen molar-refractivity contribution >= 4 is 5.91 Å². The lowest BCUT2D eigenvalue weighted by molar-refractivity contribution is 0.0952. The second-order valence-electron chi connectivity index (χ2n) is 4.89. The SMILES string of the molecule is C=CCNC(=O)c1cc(C)nc([C@@H]2CCCN2C)n1. The standard InChI is InChI=1S/C14H20N4O/c1-4-7-15-14(19)11-9-10(2)16-13(17-11)12-6-5-8-18(12)3/h4,9,12H,1,5-8H2,2-3H3,(H,15,19)/t12-/m0/s1. The van der Waals surface area contributed by atoms with Crippen molar-refractivity contribution in [1.82, 2.24) is 20.2 Å². The third-order valence-corrected chi connectivity index (χ3v) is 3.33. The minimum Gasteiger partial charge on any atom is -0.347 e. The molecule has 1 aliphatic heterocycles. The van der Waals surface area contributed by atoms with Crippen LogP contribution in [0.5, 0.6) is 0 Å². The van der Waals surface area contributed by atoms with Gasteiger partial charge in [-0.1, -0.05) is 6.08 Å². The molecule has 2 heterocycles. The van der Waals surface area contributed by atoms with E-state index in [0.29, 0.717) is 12.2 Å². The Morgan fingerprint density at radius 3 is 3.05 bits per heavy atom. The number of rotatable bonds is 4. The first-order chi connectivity index (χ1) is 9.11. The number of hydrogen-bond acceptors (Lipinski definition) is 4. The lowest BCUT2D eigenvalue weighted by Gasteiger charge is -2.18. The molecule has 102 valence electrons. The number of carbonyl (C=O) groups is 1. The summed E-state index contributed by atoms with van der Waals surface area (Å²) < 4.78 is 0. The normalized spacial score (nSPS) is 19.4. The molecule has 2 rings (SSSR count). The molecular formula is C14H20N4O. The summed E-state index contributed by atoms with van der Waals surface area (Å²) >= 11 is 0. The first kappa shape index (κ1) is 13.7. The summed E-state index contributed by atoms with van der Waals surface area (Å²) in [6.07, 6.45) is 3.85. The smallest absolute Gasteiger partial charge is 0.270 e. The van der Waals surface area contributed by atoms with Gasteiger partial charge in [-0.15, -0.1) is 6.58 Å². The van der Waals surface area contributed by atoms with Crippen molar-refractivity contribution in [1.29, 1.82) is 0 Å². The number of aryl methyl sites for hydroxylation is 1. The summed E-state index contributed by atoms with van der Waals surface area (Å²) in [4.78, 5) is 23.1. The molecule has 0 aromatic carbocycles. The van der Waals surface area contributed by atoms with Gasteiger partial charge in [0.1, 0.15) is 11.5 Å². The van der Waals surface area contributed by atoms with Crippen LogP contribution in [0.25, 0.3) is 0 Å². The van der Waals surface area contributed by atoms with Crippen molar-refractivity contribution in [2.75, 3.05) is 20.1 Å². The Balaban J connectivity index is 2.24. The van der Waals surface area contributed by atoms with Crippen molar-refractivity contribution in [3.63, 3.8) is 0 Å². The zero-order chi connectivity index (χ0) is 13.8. The molecule has 1 fully saturated rings. The maximum absolute atomic E-state index is 11.9. The minimum absolute atomic E-state index is 0.174. The second kappa shape index (κ2) is 5.93. The van der Waals surface area contributed by atoms with Gasteiger partial charge < -0.3 is 5.32 Å². The van der Waals surface area contributed by atoms with Crippen molar-refractivity contribution in [2.24, 2.45) is 0 Å². The number of nitrogens with one attached hydrogen (secondary N) is 1. The first-order valence-corrected chi connectivity index (χ1v) is 6.56. The summed E-state index contributed by atoms with van der Waals surface area (Å²) in [7, 11) is 2.07. The van der Waals surface area contributed by atoms with Crippen molar-refractivity contribution in [3.8, 4) is 0 Å². The average molecular weight is 260 g/mol. The van der Waals surface area contributed by atoms with Gasteiger partial charge in [-0.05, 0) is 39.4 Å². The van der Waals surface area contributed by atoms with E-state index in [1.165, 1.54) is 0 Å². The van der Waals surface area contributed by atoms with Crippen LogP contribution in [0.4, 0.5) is 0 Å². The van der Waals surface area contributed by atoms with E-state index in [2.05, 4.69) is 33.8 Å². The van der Waals surface area contributed by atoms with Crippen LogP contribution >= 0.6 is 0 Å². The van der Waals surface area contributed by atoms with E-state index in [9.17, 15) is 4.79 Å². The number of likely N-dealkylation sites (tertiary alicyclic amines) is 1. The number of carbonyl (C=O) groups excluding carboxylic acids is 1. The van der Waals surface area contributed by atoms with Crippen LogP contribution in [0.15, 0.2) is 18.7 Å². The molecule has 5 nitrogen and oxygen atoms in total. The molecule has 0 radical (unpaired) electrons. The van der Waals surface area contributed by atoms with Gasteiger partial charge in [0.2, 0.25) is 0 Å². The van der Waals surface area contributed by atoms with Crippen molar-refractivity contribution < 1.29 is 4.79 Å². The molecule has 0 bridgehead atoms. The molecular weight excluding hydrogens is 240 g/mol. The largest absolute Gasteiger partial charge is 0.347 e. The van der Waals surface area contributed by atoms with Gasteiger partial charge in [-0.3, -0.25) is 9.69 Å². The molecule has 1 aromatic rings. The molecule has 1 atom stereocenters. The van der Waals surface area contributed by atoms with Crippen LogP contribution in [-0.2, 0) is 0 Å². The predicted octanol–water partition coefficient (Wildman–Crippen LogP) is 1.47. The second-order valence-corrected chi connectivity index (χ2v) is 4.89. The highest BCUT2D eigenvalue weighted by Crippen LogP contribution is 2.28. The van der Waals surface area contributed by atoms with E-state index in [1.54, 1.807) is 12.1 Å². The highest BCUT2D eigenvalue weighted by molar-refractivity contribution is 5.92. The highest BCUT2D eigenvalue weighted by atomic mass is 16.1. The zero-order valence-electron chi connectivity index (χ0n) is 11.5. The van der Waals surface area contributed by atoms with Gasteiger partial charge in [-0.2, -0.15) is 0 Å². The molecule has 1 N–H and O–H groups in total. The number of amides is 1. The van der Waals surface area contributed by atoms with E-state index < -0.39 is 0 Å². The van der Waals surface area contributed by atoms with Crippen LogP contribution < -0.4 is 5.32 Å². The molecule has 19 heavy (non-hydrogen) atoms. The van der Waals surface area contributed by atoms with Gasteiger partial charge in [0.25, 0.3) is 5.91 Å². The first-order valence-electron chi connectivity index (χ1n) is 6.56. The number of aromatic nitrogens is 2. The third-order valence-electron chi connectivity index (χ3n) is 3.33. The topological polar surface area (TPSA) is 58.1 Å². The fourth-order valence-corrected chi connectivity index (χ4v) is 2.35. The van der Waals surface area contributed by atoms with E-state index in [0.717, 1.165) is 30.9 Å². The fraction of sp³-hybridized carbons (Fsp3) is 0.500. The average Bonchev–Trinajstić information content (AvgIpc) is 2.81. The molecule has 1 saturated heterocycles. The van der Waals surface area contributed by atoms with Crippen LogP contribution in [0.3, 0.4) is 0 Å². The van der Waals surface area contributed by atoms with E-state index in [4.69, 9.17) is 0 Å². The third kappa shape index (κ3) is 3.17. The molecule has 0 spiro atoms. The summed E-state index contributed by atoms with van der Waals surface area (Å²) in [5.41, 5.74) is 1.26. The molecule has 5 heteroatoms. The van der Waals surface area contributed by atoms with Gasteiger partial charge in [0, 0.05) is 12.2 Å². The van der Waals surface area contributed by atoms with Crippen molar-refractivity contribution in [3.05, 3.63) is 35.9 Å². The Labute approximate surface area is 113 Å². The predicted molar refractivity (Wildman–Crippen MR) is 73.9 cm³/mol. The van der Waals surface area contributed by atoms with Crippen LogP contribution in [-0.4, -0.2) is 40.9 Å². The minimum atomic E-state index is -0.174. The summed E-state index contributed by atoms with van der Waals surface area (Å²) in [5.74, 6) is 0.580. The fourth-order valence-electron chi connectivity index (χ4n) is 2.35. The lowest BCUT2D eigenvalue weighted by Crippen LogP contribution is -2.26. The molecule has 0 unspecified atom stereocenters. The van der Waals surface area contributed by atoms with E-state index in [-0.39, 0.29) is 11.9 Å². The molecule has 0 saturated carbocycles. The van der Waals surface area contributed by atoms with Gasteiger partial charge >= 0.3 is 0 Å². The summed E-state index contributed by atoms with van der Waals surface area (Å²) in [5, 5.41) is 2.74. The highest BCUT2D eigenvalue weighted by Gasteiger charge is 2.26. The lowest BCUT2D eigenvalue weighted by atomic mass is 10.2. The maximum Gasteiger partial charge on any atom is 0.270 e. The van der Waals surface area contributed by atoms with E-state index >= 15 is 0 Å². The molecule has 1 aliphatic rings. The summed E-state index contributed by atoms with van der Waals surface area (Å²) in [6, 6.07) is 1.95. The Morgan fingerprint density at radius 1 is 1.63 bits per heavy atom. The van der Waals surface area contributed by atoms with Gasteiger partial charge in [0.15, 0.2) is 0 Å². The summed E-state index contributed by atoms with van der Waals surface area (Å²) in [6.45, 7) is 6.97. The van der Waals surface area contributed by atoms with Crippen molar-refractivity contribution in [2.45, 2.75) is 25.8 Å². The number of nitrogens with zero attached hydrogens (tertiary/aromatic N) is 3. The molecule has 1 aromatic heterocycles. The zero-order valence-corrected chi connectivity index (χ0v) is 11.5. The monoisotopic (exact) mass is 260 g/mol. The number of hydrogen-bond donors (Lipinski definition) is 1. The van der Waals surface area contributed by atoms with Gasteiger partial charge in [0.05, 0.1) is 6.04 Å². The Kier molecular flexibility index (Phi) is 4.27. The van der Waals surface area contributed by atoms with E-state index in [1.807, 2.05) is 6.92 Å². The Bertz CT molecular complexity index is 486. The maximum atomic E-state index is 11.9. The van der Waals surface area contributed by atoms with Crippen LogP contribution in [0, 0.1) is 6.92 Å². The molecule has 1 amide bonds. The van der Waals surface area contributed by atoms with Gasteiger partial charge in [-0.25, -0.2) is 9.97 Å². The Morgan fingerprint density at radius 2 is 2.42 bits per heavy atom. The quantitative estimate of drug-likeness (QED) is 0.833. The molecule has 0 aliphatic carbocycles. The van der Waals surface area contributed by atoms with Crippen LogP contribution in [0.2, 0.25) is 0 Å².